The minimum absolute atomic E-state index is 0. The lowest BCUT2D eigenvalue weighted by Gasteiger charge is -1.69. The molecule has 3 nitrogen and oxygen atoms in total. The molecule has 74 valence electrons. The van der Waals surface area contributed by atoms with Gasteiger partial charge in [-0.3, -0.25) is 4.21 Å². The highest BCUT2D eigenvalue weighted by Crippen LogP contribution is 1.61. The van der Waals surface area contributed by atoms with Gasteiger partial charge in [0.05, 0.1) is 0 Å². The Morgan fingerprint density at radius 2 is 1.00 bits per heavy atom. The van der Waals surface area contributed by atoms with Crippen LogP contribution in [0.4, 0.5) is 0 Å². The molecule has 0 rings (SSSR count). The fourth-order valence-corrected chi connectivity index (χ4v) is 0. The molecule has 0 bridgehead atoms. The molecule has 0 aliphatic rings. The van der Waals surface area contributed by atoms with Crippen LogP contribution in [0, 0.1) is 0 Å². The van der Waals surface area contributed by atoms with E-state index >= 15 is 0 Å². The quantitative estimate of drug-likeness (QED) is 0.590. The van der Waals surface area contributed by atoms with Crippen molar-refractivity contribution in [3.05, 3.63) is 0 Å². The standard InChI is InChI=1S/C2H6O2S.C2H6OS.2CH4/c1-5(2,3)4;1-4(2)3;;/h1-2H3;1-2H3;2*1H4. The maximum absolute atomic E-state index is 9.63. The van der Waals surface area contributed by atoms with Crippen LogP contribution in [0.2, 0.25) is 0 Å². The number of sulfone groups is 1. The fraction of sp³-hybridized carbons (Fsp3) is 1.00. The third-order valence-corrected chi connectivity index (χ3v) is 0. The predicted molar refractivity (Wildman–Crippen MR) is 54.2 cm³/mol. The van der Waals surface area contributed by atoms with Crippen molar-refractivity contribution in [2.24, 2.45) is 0 Å². The molecule has 0 aromatic rings. The van der Waals surface area contributed by atoms with E-state index in [1.54, 1.807) is 12.5 Å². The van der Waals surface area contributed by atoms with E-state index in [0.717, 1.165) is 12.5 Å². The van der Waals surface area contributed by atoms with E-state index in [4.69, 9.17) is 0 Å². The molecular weight excluding hydrogens is 184 g/mol. The molecule has 0 atom stereocenters. The Morgan fingerprint density at radius 3 is 1.00 bits per heavy atom. The molecule has 0 radical (unpaired) electrons. The monoisotopic (exact) mass is 204 g/mol. The second-order valence-corrected chi connectivity index (χ2v) is 5.65. The second-order valence-electron chi connectivity index (χ2n) is 1.88. The Labute approximate surface area is 73.6 Å². The van der Waals surface area contributed by atoms with Gasteiger partial charge in [-0.15, -0.1) is 0 Å². The van der Waals surface area contributed by atoms with Gasteiger partial charge in [-0.1, -0.05) is 14.9 Å². The molecule has 0 aliphatic carbocycles. The lowest BCUT2D eigenvalue weighted by molar-refractivity contribution is 0.607. The summed E-state index contributed by atoms with van der Waals surface area (Å²) in [6, 6.07) is 0. The van der Waals surface area contributed by atoms with Crippen molar-refractivity contribution in [2.45, 2.75) is 14.9 Å². The predicted octanol–water partition coefficient (Wildman–Crippen LogP) is 0.928. The highest BCUT2D eigenvalue weighted by Gasteiger charge is 1.79. The minimum Gasteiger partial charge on any atom is -0.260 e. The van der Waals surface area contributed by atoms with Gasteiger partial charge in [0.15, 0.2) is 0 Å². The molecule has 0 fully saturated rings. The van der Waals surface area contributed by atoms with Crippen molar-refractivity contribution in [3.63, 3.8) is 0 Å². The zero-order valence-corrected chi connectivity index (χ0v) is 7.67. The van der Waals surface area contributed by atoms with Gasteiger partial charge in [0.2, 0.25) is 0 Å². The molecule has 0 unspecified atom stereocenters. The van der Waals surface area contributed by atoms with Crippen molar-refractivity contribution < 1.29 is 12.6 Å². The molecule has 0 aromatic carbocycles. The maximum Gasteiger partial charge on any atom is 0.144 e. The molecule has 0 N–H and O–H groups in total. The van der Waals surface area contributed by atoms with Crippen LogP contribution in [-0.2, 0) is 20.6 Å². The summed E-state index contributed by atoms with van der Waals surface area (Å²) < 4.78 is 28.8. The van der Waals surface area contributed by atoms with Crippen molar-refractivity contribution in [1.82, 2.24) is 0 Å². The Hall–Kier alpha value is 0.1000. The van der Waals surface area contributed by atoms with E-state index in [1.807, 2.05) is 0 Å². The lowest BCUT2D eigenvalue weighted by Crippen LogP contribution is -1.86. The average Bonchev–Trinajstić information content (AvgIpc) is 1.19. The van der Waals surface area contributed by atoms with Gasteiger partial charge < -0.3 is 0 Å². The molecule has 0 aromatic heterocycles. The van der Waals surface area contributed by atoms with Crippen molar-refractivity contribution in [1.29, 1.82) is 0 Å². The number of rotatable bonds is 0. The zero-order chi connectivity index (χ0) is 8.08. The Bertz CT molecular complexity index is 158. The Balaban J connectivity index is -0.0000000383. The van der Waals surface area contributed by atoms with Crippen LogP contribution in [-0.4, -0.2) is 37.6 Å². The van der Waals surface area contributed by atoms with Crippen LogP contribution in [0.15, 0.2) is 0 Å². The van der Waals surface area contributed by atoms with Gasteiger partial charge in [-0.2, -0.15) is 0 Å². The van der Waals surface area contributed by atoms with Gasteiger partial charge in [-0.05, 0) is 0 Å². The lowest BCUT2D eigenvalue weighted by atomic mass is 11.9. The van der Waals surface area contributed by atoms with E-state index in [9.17, 15) is 12.6 Å². The van der Waals surface area contributed by atoms with E-state index in [-0.39, 0.29) is 14.9 Å². The smallest absolute Gasteiger partial charge is 0.144 e. The van der Waals surface area contributed by atoms with Gasteiger partial charge in [0, 0.05) is 35.8 Å². The van der Waals surface area contributed by atoms with Gasteiger partial charge in [-0.25, -0.2) is 8.42 Å². The zero-order valence-electron chi connectivity index (χ0n) is 6.04. The maximum atomic E-state index is 9.63. The summed E-state index contributed by atoms with van der Waals surface area (Å²) >= 11 is 0. The first kappa shape index (κ1) is 22.5. The van der Waals surface area contributed by atoms with E-state index < -0.39 is 20.6 Å². The number of hydrogen-bond acceptors (Lipinski definition) is 3. The molecule has 0 saturated carbocycles. The van der Waals surface area contributed by atoms with Crippen molar-refractivity contribution in [2.75, 3.05) is 25.0 Å². The molecule has 5 heteroatoms. The molecule has 0 heterocycles. The summed E-state index contributed by atoms with van der Waals surface area (Å²) in [5.41, 5.74) is 0. The largest absolute Gasteiger partial charge is 0.260 e. The van der Waals surface area contributed by atoms with Crippen LogP contribution in [0.1, 0.15) is 14.9 Å². The normalized spacial score (nSPS) is 8.45. The summed E-state index contributed by atoms with van der Waals surface area (Å²) in [6.45, 7) is 0. The fourth-order valence-electron chi connectivity index (χ4n) is 0. The SMILES string of the molecule is C.C.CS(C)(=O)=O.CS(C)=O. The molecule has 0 aliphatic heterocycles. The third kappa shape index (κ3) is 66300. The summed E-state index contributed by atoms with van der Waals surface area (Å²) in [5, 5.41) is 0. The topological polar surface area (TPSA) is 51.2 Å². The first-order valence-electron chi connectivity index (χ1n) is 2.13. The Morgan fingerprint density at radius 1 is 1.00 bits per heavy atom. The summed E-state index contributed by atoms with van der Waals surface area (Å²) in [6.07, 6.45) is 5.60. The van der Waals surface area contributed by atoms with Crippen LogP contribution >= 0.6 is 0 Å². The van der Waals surface area contributed by atoms with Crippen molar-refractivity contribution >= 4 is 20.6 Å². The highest BCUT2D eigenvalue weighted by atomic mass is 32.2. The molecular formula is C6H20O3S2. The summed E-state index contributed by atoms with van der Waals surface area (Å²) in [7, 11) is -3.28. The van der Waals surface area contributed by atoms with Crippen LogP contribution in [0.5, 0.6) is 0 Å². The van der Waals surface area contributed by atoms with Gasteiger partial charge in [0.25, 0.3) is 0 Å². The summed E-state index contributed by atoms with van der Waals surface area (Å²) in [4.78, 5) is 0. The third-order valence-electron chi connectivity index (χ3n) is 0. The first-order chi connectivity index (χ1) is 3.73. The van der Waals surface area contributed by atoms with Crippen LogP contribution in [0.3, 0.4) is 0 Å². The van der Waals surface area contributed by atoms with E-state index in [0.29, 0.717) is 0 Å². The number of hydrogen-bond donors (Lipinski definition) is 0. The Kier molecular flexibility index (Phi) is 20.6. The van der Waals surface area contributed by atoms with Gasteiger partial charge in [0.1, 0.15) is 9.84 Å². The summed E-state index contributed by atoms with van der Waals surface area (Å²) in [5.74, 6) is 0. The molecule has 0 amide bonds. The molecule has 11 heavy (non-hydrogen) atoms. The molecule has 0 saturated heterocycles. The first-order valence-corrected chi connectivity index (χ1v) is 6.40. The van der Waals surface area contributed by atoms with Crippen molar-refractivity contribution in [3.8, 4) is 0 Å². The second kappa shape index (κ2) is 10.1. The van der Waals surface area contributed by atoms with E-state index in [2.05, 4.69) is 0 Å². The highest BCUT2D eigenvalue weighted by molar-refractivity contribution is 7.89. The van der Waals surface area contributed by atoms with Crippen LogP contribution < -0.4 is 0 Å². The minimum atomic E-state index is -2.67. The van der Waals surface area contributed by atoms with Gasteiger partial charge >= 0.3 is 0 Å². The van der Waals surface area contributed by atoms with Crippen LogP contribution in [0.25, 0.3) is 0 Å². The van der Waals surface area contributed by atoms with E-state index in [1.165, 1.54) is 0 Å². The average molecular weight is 204 g/mol. The molecule has 0 spiro atoms.